The van der Waals surface area contributed by atoms with Gasteiger partial charge in [-0.1, -0.05) is 12.1 Å². The number of nitrogens with zero attached hydrogens (tertiary/aromatic N) is 2. The lowest BCUT2D eigenvalue weighted by atomic mass is 9.82. The molecule has 0 spiro atoms. The number of carboxylic acid groups (broad SMARTS) is 1. The molecular formula is C19H21F3N2O5. The molecular weight excluding hydrogens is 393 g/mol. The van der Waals surface area contributed by atoms with E-state index in [1.54, 1.807) is 20.8 Å². The highest BCUT2D eigenvalue weighted by Gasteiger charge is 2.50. The highest BCUT2D eigenvalue weighted by atomic mass is 19.4. The van der Waals surface area contributed by atoms with Gasteiger partial charge in [-0.3, -0.25) is 9.59 Å². The molecule has 2 atom stereocenters. The number of hydrogen-bond donors (Lipinski definition) is 1. The van der Waals surface area contributed by atoms with Crippen molar-refractivity contribution in [1.29, 1.82) is 0 Å². The van der Waals surface area contributed by atoms with Crippen LogP contribution in [0.3, 0.4) is 0 Å². The summed E-state index contributed by atoms with van der Waals surface area (Å²) in [6.45, 7) is 4.29. The summed E-state index contributed by atoms with van der Waals surface area (Å²) in [5, 5.41) is 9.19. The third-order valence-electron chi connectivity index (χ3n) is 4.92. The van der Waals surface area contributed by atoms with Crippen LogP contribution in [0.15, 0.2) is 18.2 Å². The van der Waals surface area contributed by atoms with Gasteiger partial charge in [0.05, 0.1) is 17.2 Å². The molecule has 2 aliphatic heterocycles. The number of carbonyl (C=O) groups is 3. The Bertz CT molecular complexity index is 862. The molecule has 0 radical (unpaired) electrons. The second kappa shape index (κ2) is 6.93. The number of alkyl halides is 3. The Hall–Kier alpha value is -2.78. The van der Waals surface area contributed by atoms with E-state index in [1.807, 2.05) is 0 Å². The topological polar surface area (TPSA) is 87.2 Å². The lowest BCUT2D eigenvalue weighted by Crippen LogP contribution is -2.51. The molecule has 3 rings (SSSR count). The molecule has 0 bridgehead atoms. The van der Waals surface area contributed by atoms with Gasteiger partial charge in [-0.25, -0.2) is 4.79 Å². The van der Waals surface area contributed by atoms with Gasteiger partial charge in [-0.15, -0.1) is 0 Å². The molecule has 0 aliphatic carbocycles. The van der Waals surface area contributed by atoms with Crippen molar-refractivity contribution in [1.82, 2.24) is 9.80 Å². The summed E-state index contributed by atoms with van der Waals surface area (Å²) < 4.78 is 45.8. The van der Waals surface area contributed by atoms with Crippen LogP contribution < -0.4 is 0 Å². The maximum absolute atomic E-state index is 13.5. The molecule has 0 aromatic heterocycles. The molecule has 2 amide bonds. The monoisotopic (exact) mass is 414 g/mol. The van der Waals surface area contributed by atoms with E-state index in [9.17, 15) is 32.7 Å². The van der Waals surface area contributed by atoms with E-state index < -0.39 is 59.4 Å². The van der Waals surface area contributed by atoms with Gasteiger partial charge >= 0.3 is 18.2 Å². The van der Waals surface area contributed by atoms with E-state index in [1.165, 1.54) is 17.0 Å². The van der Waals surface area contributed by atoms with Crippen molar-refractivity contribution in [2.75, 3.05) is 19.6 Å². The number of fused-ring (bicyclic) bond motifs is 3. The Labute approximate surface area is 165 Å². The molecule has 1 N–H and O–H groups in total. The van der Waals surface area contributed by atoms with Crippen molar-refractivity contribution in [3.8, 4) is 0 Å². The number of ether oxygens (including phenoxy) is 1. The average Bonchev–Trinajstić information content (AvgIpc) is 3.01. The minimum atomic E-state index is -4.77. The van der Waals surface area contributed by atoms with Gasteiger partial charge in [0.1, 0.15) is 12.1 Å². The van der Waals surface area contributed by atoms with Crippen LogP contribution in [-0.2, 0) is 15.7 Å². The van der Waals surface area contributed by atoms with Crippen LogP contribution in [0.5, 0.6) is 0 Å². The van der Waals surface area contributed by atoms with Crippen LogP contribution in [0.1, 0.15) is 48.2 Å². The third kappa shape index (κ3) is 4.01. The van der Waals surface area contributed by atoms with Crippen molar-refractivity contribution in [2.45, 2.75) is 44.5 Å². The maximum Gasteiger partial charge on any atom is 0.417 e. The molecule has 1 aromatic rings. The summed E-state index contributed by atoms with van der Waals surface area (Å²) in [6.07, 6.45) is -5.44. The summed E-state index contributed by atoms with van der Waals surface area (Å²) in [5.74, 6) is -2.99. The Balaban J connectivity index is 2.05. The van der Waals surface area contributed by atoms with Gasteiger partial charge in [0.15, 0.2) is 0 Å². The fraction of sp³-hybridized carbons (Fsp3) is 0.526. The van der Waals surface area contributed by atoms with Crippen LogP contribution >= 0.6 is 0 Å². The van der Waals surface area contributed by atoms with Gasteiger partial charge in [0.25, 0.3) is 5.91 Å². The first kappa shape index (κ1) is 20.9. The highest BCUT2D eigenvalue weighted by Crippen LogP contribution is 2.43. The Morgan fingerprint density at radius 1 is 1.21 bits per heavy atom. The van der Waals surface area contributed by atoms with E-state index in [0.29, 0.717) is 0 Å². The fourth-order valence-corrected chi connectivity index (χ4v) is 3.87. The van der Waals surface area contributed by atoms with E-state index in [0.717, 1.165) is 11.0 Å². The van der Waals surface area contributed by atoms with Crippen molar-refractivity contribution in [3.63, 3.8) is 0 Å². The zero-order valence-corrected chi connectivity index (χ0v) is 16.1. The smallest absolute Gasteiger partial charge is 0.417 e. The van der Waals surface area contributed by atoms with Crippen LogP contribution in [0, 0.1) is 0 Å². The van der Waals surface area contributed by atoms with Crippen molar-refractivity contribution >= 4 is 18.0 Å². The average molecular weight is 414 g/mol. The fourth-order valence-electron chi connectivity index (χ4n) is 3.87. The third-order valence-corrected chi connectivity index (χ3v) is 4.92. The highest BCUT2D eigenvalue weighted by molar-refractivity contribution is 6.00. The van der Waals surface area contributed by atoms with Gasteiger partial charge in [-0.2, -0.15) is 13.2 Å². The number of halogens is 3. The number of carbonyl (C=O) groups excluding carboxylic acids is 2. The molecule has 7 nitrogen and oxygen atoms in total. The summed E-state index contributed by atoms with van der Waals surface area (Å²) in [6, 6.07) is 2.70. The standard InChI is InChI=1S/C19H21F3N2O5/c1-18(2,3)29-17(28)23-7-11-10-5-4-6-12(19(20,21)22)15(10)16(27)24(9-14(25)26)13(11)8-23/h4-6,11,13H,7-9H2,1-3H3,(H,25,26)/t11-,13+/m1/s1. The van der Waals surface area contributed by atoms with E-state index in [-0.39, 0.29) is 18.7 Å². The van der Waals surface area contributed by atoms with E-state index >= 15 is 0 Å². The number of carboxylic acids is 1. The minimum absolute atomic E-state index is 0.0196. The SMILES string of the molecule is CC(C)(C)OC(=O)N1C[C@@H]2c3cccc(C(F)(F)F)c3C(=O)N(CC(=O)O)[C@H]2C1. The van der Waals surface area contributed by atoms with Gasteiger partial charge in [-0.05, 0) is 32.4 Å². The van der Waals surface area contributed by atoms with Crippen molar-refractivity contribution in [3.05, 3.63) is 34.9 Å². The van der Waals surface area contributed by atoms with Crippen LogP contribution in [0.4, 0.5) is 18.0 Å². The second-order valence-electron chi connectivity index (χ2n) is 8.15. The molecule has 158 valence electrons. The molecule has 0 saturated carbocycles. The number of hydrogen-bond acceptors (Lipinski definition) is 4. The number of benzene rings is 1. The lowest BCUT2D eigenvalue weighted by Gasteiger charge is -2.37. The largest absolute Gasteiger partial charge is 0.480 e. The van der Waals surface area contributed by atoms with Gasteiger partial charge in [0.2, 0.25) is 0 Å². The lowest BCUT2D eigenvalue weighted by molar-refractivity contribution is -0.138. The minimum Gasteiger partial charge on any atom is -0.480 e. The second-order valence-corrected chi connectivity index (χ2v) is 8.15. The molecule has 29 heavy (non-hydrogen) atoms. The Kier molecular flexibility index (Phi) is 5.00. The molecule has 1 fully saturated rings. The Morgan fingerprint density at radius 3 is 2.41 bits per heavy atom. The zero-order valence-electron chi connectivity index (χ0n) is 16.1. The predicted molar refractivity (Wildman–Crippen MR) is 94.5 cm³/mol. The van der Waals surface area contributed by atoms with Crippen LogP contribution in [-0.4, -0.2) is 64.2 Å². The van der Waals surface area contributed by atoms with Gasteiger partial charge in [0, 0.05) is 19.0 Å². The molecule has 0 unspecified atom stereocenters. The first-order valence-corrected chi connectivity index (χ1v) is 9.00. The summed E-state index contributed by atoms with van der Waals surface area (Å²) in [4.78, 5) is 38.8. The first-order chi connectivity index (χ1) is 13.3. The number of rotatable bonds is 2. The van der Waals surface area contributed by atoms with E-state index in [4.69, 9.17) is 4.74 Å². The zero-order chi connectivity index (χ0) is 21.7. The summed E-state index contributed by atoms with van der Waals surface area (Å²) in [5.41, 5.74) is -2.26. The number of aliphatic carboxylic acids is 1. The van der Waals surface area contributed by atoms with Gasteiger partial charge < -0.3 is 19.6 Å². The number of likely N-dealkylation sites (tertiary alicyclic amines) is 1. The van der Waals surface area contributed by atoms with Crippen LogP contribution in [0.2, 0.25) is 0 Å². The molecule has 2 heterocycles. The first-order valence-electron chi connectivity index (χ1n) is 9.00. The van der Waals surface area contributed by atoms with Crippen molar-refractivity contribution < 1.29 is 37.4 Å². The molecule has 2 aliphatic rings. The molecule has 1 aromatic carbocycles. The maximum atomic E-state index is 13.5. The number of amides is 2. The quantitative estimate of drug-likeness (QED) is 0.804. The summed E-state index contributed by atoms with van der Waals surface area (Å²) in [7, 11) is 0. The predicted octanol–water partition coefficient (Wildman–Crippen LogP) is 2.95. The molecule has 10 heteroatoms. The Morgan fingerprint density at radius 2 is 1.86 bits per heavy atom. The summed E-state index contributed by atoms with van der Waals surface area (Å²) >= 11 is 0. The molecule has 1 saturated heterocycles. The van der Waals surface area contributed by atoms with E-state index in [2.05, 4.69) is 0 Å². The normalized spacial score (nSPS) is 21.7. The van der Waals surface area contributed by atoms with Crippen molar-refractivity contribution in [2.24, 2.45) is 0 Å². The van der Waals surface area contributed by atoms with Crippen LogP contribution in [0.25, 0.3) is 0 Å².